The first kappa shape index (κ1) is 20.1. The Bertz CT molecular complexity index is 952. The Morgan fingerprint density at radius 1 is 1.11 bits per heavy atom. The lowest BCUT2D eigenvalue weighted by Gasteiger charge is -2.15. The van der Waals surface area contributed by atoms with E-state index in [0.717, 1.165) is 22.3 Å². The van der Waals surface area contributed by atoms with Crippen molar-refractivity contribution in [3.8, 4) is 5.75 Å². The van der Waals surface area contributed by atoms with E-state index >= 15 is 0 Å². The van der Waals surface area contributed by atoms with Gasteiger partial charge in [-0.05, 0) is 39.3 Å². The van der Waals surface area contributed by atoms with E-state index in [1.54, 1.807) is 0 Å². The summed E-state index contributed by atoms with van der Waals surface area (Å²) in [6.45, 7) is 8.58. The number of Topliss-reactive ketones (excluding diaryl/α,β-unsaturated/α-hetero) is 1. The Kier molecular flexibility index (Phi) is 6.52. The Hall–Kier alpha value is -2.60. The maximum atomic E-state index is 12.4. The van der Waals surface area contributed by atoms with Crippen LogP contribution < -0.4 is 4.74 Å². The van der Waals surface area contributed by atoms with Crippen molar-refractivity contribution >= 4 is 17.5 Å². The largest absolute Gasteiger partial charge is 0.485 e. The second-order valence-electron chi connectivity index (χ2n) is 7.00. The van der Waals surface area contributed by atoms with Crippen LogP contribution in [0.5, 0.6) is 5.75 Å². The van der Waals surface area contributed by atoms with E-state index in [9.17, 15) is 4.79 Å². The molecule has 0 bridgehead atoms. The molecular weight excluding hydrogens is 370 g/mol. The number of ketones is 1. The minimum absolute atomic E-state index is 0.0805. The molecule has 2 aromatic carbocycles. The summed E-state index contributed by atoms with van der Waals surface area (Å²) in [4.78, 5) is 12.4. The van der Waals surface area contributed by atoms with Crippen LogP contribution in [0, 0.1) is 13.8 Å². The quantitative estimate of drug-likeness (QED) is 0.395. The van der Waals surface area contributed by atoms with Gasteiger partial charge in [-0.25, -0.2) is 0 Å². The van der Waals surface area contributed by atoms with Crippen LogP contribution in [0.2, 0.25) is 0 Å². The van der Waals surface area contributed by atoms with E-state index in [0.29, 0.717) is 17.9 Å². The van der Waals surface area contributed by atoms with Gasteiger partial charge in [0.15, 0.2) is 16.8 Å². The summed E-state index contributed by atoms with van der Waals surface area (Å²) >= 11 is 1.41. The topological polar surface area (TPSA) is 57.0 Å². The number of aryl methyl sites for hydroxylation is 2. The highest BCUT2D eigenvalue weighted by Crippen LogP contribution is 2.24. The van der Waals surface area contributed by atoms with Crippen LogP contribution in [-0.2, 0) is 6.61 Å². The van der Waals surface area contributed by atoms with Gasteiger partial charge in [0.05, 0.1) is 5.75 Å². The van der Waals surface area contributed by atoms with E-state index < -0.39 is 0 Å². The van der Waals surface area contributed by atoms with Crippen molar-refractivity contribution < 1.29 is 9.53 Å². The van der Waals surface area contributed by atoms with Gasteiger partial charge in [0.25, 0.3) is 0 Å². The molecule has 0 radical (unpaired) electrons. The monoisotopic (exact) mass is 395 g/mol. The Labute approximate surface area is 170 Å². The van der Waals surface area contributed by atoms with Gasteiger partial charge in [0.1, 0.15) is 12.4 Å². The Morgan fingerprint density at radius 2 is 1.86 bits per heavy atom. The zero-order valence-corrected chi connectivity index (χ0v) is 17.5. The fourth-order valence-corrected chi connectivity index (χ4v) is 3.94. The number of nitrogens with zero attached hydrogens (tertiary/aromatic N) is 3. The molecule has 0 unspecified atom stereocenters. The van der Waals surface area contributed by atoms with Crippen LogP contribution in [0.25, 0.3) is 0 Å². The number of carbonyl (C=O) groups excluding carboxylic acids is 1. The molecule has 1 heterocycles. The SMILES string of the molecule is Cc1ccc(OCc2nnc(SCC(=O)c3ccccc3)n2C(C)C)c(C)c1. The van der Waals surface area contributed by atoms with E-state index in [1.807, 2.05) is 54.0 Å². The molecule has 5 nitrogen and oxygen atoms in total. The molecule has 0 amide bonds. The first-order valence-corrected chi connectivity index (χ1v) is 10.3. The van der Waals surface area contributed by atoms with Crippen molar-refractivity contribution in [2.45, 2.75) is 45.5 Å². The summed E-state index contributed by atoms with van der Waals surface area (Å²) in [6.07, 6.45) is 0. The Morgan fingerprint density at radius 3 is 2.54 bits per heavy atom. The molecule has 1 aromatic heterocycles. The zero-order valence-electron chi connectivity index (χ0n) is 16.7. The highest BCUT2D eigenvalue weighted by atomic mass is 32.2. The standard InChI is InChI=1S/C22H25N3O2S/c1-15(2)25-21(13-27-20-11-10-16(3)12-17(20)4)23-24-22(25)28-14-19(26)18-8-6-5-7-9-18/h5-12,15H,13-14H2,1-4H3. The van der Waals surface area contributed by atoms with E-state index in [-0.39, 0.29) is 11.8 Å². The van der Waals surface area contributed by atoms with Gasteiger partial charge in [0.2, 0.25) is 0 Å². The van der Waals surface area contributed by atoms with Gasteiger partial charge in [-0.15, -0.1) is 10.2 Å². The molecule has 3 aromatic rings. The van der Waals surface area contributed by atoms with Gasteiger partial charge in [-0.2, -0.15) is 0 Å². The van der Waals surface area contributed by atoms with Crippen molar-refractivity contribution in [1.82, 2.24) is 14.8 Å². The molecular formula is C22H25N3O2S. The lowest BCUT2D eigenvalue weighted by atomic mass is 10.1. The third-order valence-corrected chi connectivity index (χ3v) is 5.31. The Balaban J connectivity index is 1.70. The van der Waals surface area contributed by atoms with Crippen LogP contribution in [0.15, 0.2) is 53.7 Å². The molecule has 3 rings (SSSR count). The molecule has 0 saturated carbocycles. The van der Waals surface area contributed by atoms with Crippen molar-refractivity contribution in [3.63, 3.8) is 0 Å². The predicted octanol–water partition coefficient (Wildman–Crippen LogP) is 5.03. The van der Waals surface area contributed by atoms with Crippen molar-refractivity contribution in [3.05, 3.63) is 71.0 Å². The molecule has 0 aliphatic heterocycles. The summed E-state index contributed by atoms with van der Waals surface area (Å²) in [5.41, 5.74) is 3.01. The van der Waals surface area contributed by atoms with E-state index in [1.165, 1.54) is 17.3 Å². The third-order valence-electron chi connectivity index (χ3n) is 4.37. The predicted molar refractivity (Wildman–Crippen MR) is 112 cm³/mol. The van der Waals surface area contributed by atoms with Crippen LogP contribution in [0.3, 0.4) is 0 Å². The number of thioether (sulfide) groups is 1. The average Bonchev–Trinajstić information content (AvgIpc) is 3.09. The highest BCUT2D eigenvalue weighted by molar-refractivity contribution is 7.99. The first-order chi connectivity index (χ1) is 13.5. The molecule has 0 spiro atoms. The van der Waals surface area contributed by atoms with Gasteiger partial charge < -0.3 is 9.30 Å². The molecule has 0 saturated heterocycles. The molecule has 146 valence electrons. The van der Waals surface area contributed by atoms with Gasteiger partial charge in [-0.1, -0.05) is 59.8 Å². The van der Waals surface area contributed by atoms with Crippen LogP contribution in [-0.4, -0.2) is 26.3 Å². The lowest BCUT2D eigenvalue weighted by Crippen LogP contribution is -2.11. The molecule has 0 N–H and O–H groups in total. The number of hydrogen-bond acceptors (Lipinski definition) is 5. The molecule has 0 fully saturated rings. The summed E-state index contributed by atoms with van der Waals surface area (Å²) in [6, 6.07) is 15.6. The number of benzene rings is 2. The van der Waals surface area contributed by atoms with Crippen molar-refractivity contribution in [2.24, 2.45) is 0 Å². The number of rotatable bonds is 8. The zero-order chi connectivity index (χ0) is 20.1. The molecule has 6 heteroatoms. The smallest absolute Gasteiger partial charge is 0.192 e. The fraction of sp³-hybridized carbons (Fsp3) is 0.318. The summed E-state index contributed by atoms with van der Waals surface area (Å²) < 4.78 is 8.01. The average molecular weight is 396 g/mol. The third kappa shape index (κ3) is 4.81. The second kappa shape index (κ2) is 9.06. The number of aromatic nitrogens is 3. The summed E-state index contributed by atoms with van der Waals surface area (Å²) in [5, 5.41) is 9.34. The molecule has 0 aliphatic carbocycles. The summed E-state index contributed by atoms with van der Waals surface area (Å²) in [5.74, 6) is 2.01. The molecule has 0 aliphatic rings. The lowest BCUT2D eigenvalue weighted by molar-refractivity contribution is 0.102. The number of hydrogen-bond donors (Lipinski definition) is 0. The van der Waals surface area contributed by atoms with E-state index in [4.69, 9.17) is 4.74 Å². The van der Waals surface area contributed by atoms with Crippen LogP contribution in [0.4, 0.5) is 0 Å². The van der Waals surface area contributed by atoms with E-state index in [2.05, 4.69) is 37.0 Å². The maximum absolute atomic E-state index is 12.4. The normalized spacial score (nSPS) is 11.0. The van der Waals surface area contributed by atoms with Gasteiger partial charge in [-0.3, -0.25) is 4.79 Å². The van der Waals surface area contributed by atoms with Crippen LogP contribution >= 0.6 is 11.8 Å². The van der Waals surface area contributed by atoms with Crippen molar-refractivity contribution in [1.29, 1.82) is 0 Å². The van der Waals surface area contributed by atoms with Gasteiger partial charge >= 0.3 is 0 Å². The van der Waals surface area contributed by atoms with Crippen LogP contribution in [0.1, 0.15) is 47.2 Å². The summed E-state index contributed by atoms with van der Waals surface area (Å²) in [7, 11) is 0. The second-order valence-corrected chi connectivity index (χ2v) is 7.94. The first-order valence-electron chi connectivity index (χ1n) is 9.30. The minimum atomic E-state index is 0.0805. The van der Waals surface area contributed by atoms with Gasteiger partial charge in [0, 0.05) is 11.6 Å². The minimum Gasteiger partial charge on any atom is -0.485 e. The molecule has 0 atom stereocenters. The number of carbonyl (C=O) groups is 1. The fourth-order valence-electron chi connectivity index (χ4n) is 2.96. The number of ether oxygens (including phenoxy) is 1. The highest BCUT2D eigenvalue weighted by Gasteiger charge is 2.17. The van der Waals surface area contributed by atoms with Crippen molar-refractivity contribution in [2.75, 3.05) is 5.75 Å². The molecule has 28 heavy (non-hydrogen) atoms. The maximum Gasteiger partial charge on any atom is 0.192 e.